The number of benzene rings is 1. The van der Waals surface area contributed by atoms with E-state index < -0.39 is 4.92 Å². The number of hydrogen-bond acceptors (Lipinski definition) is 5. The van der Waals surface area contributed by atoms with E-state index in [1.54, 1.807) is 27.1 Å². The van der Waals surface area contributed by atoms with Crippen LogP contribution in [0, 0.1) is 17.0 Å². The SMILES string of the molecule is CCCCC(=O)NC.COc1cc2c(cc1[N+](=O)[O-])cc(C)c(=O)n2C. The zero-order chi connectivity index (χ0) is 19.9. The van der Waals surface area contributed by atoms with Gasteiger partial charge in [0.25, 0.3) is 5.56 Å². The summed E-state index contributed by atoms with van der Waals surface area (Å²) >= 11 is 0. The van der Waals surface area contributed by atoms with Gasteiger partial charge in [-0.2, -0.15) is 0 Å². The van der Waals surface area contributed by atoms with Crippen molar-refractivity contribution in [1.82, 2.24) is 9.88 Å². The van der Waals surface area contributed by atoms with Crippen molar-refractivity contribution in [3.05, 3.63) is 44.2 Å². The first-order chi connectivity index (χ1) is 12.3. The Morgan fingerprint density at radius 2 is 2.00 bits per heavy atom. The number of pyridine rings is 1. The molecule has 1 amide bonds. The van der Waals surface area contributed by atoms with Crippen molar-refractivity contribution < 1.29 is 14.5 Å². The molecule has 142 valence electrons. The minimum atomic E-state index is -0.501. The van der Waals surface area contributed by atoms with Gasteiger partial charge in [-0.25, -0.2) is 0 Å². The highest BCUT2D eigenvalue weighted by Gasteiger charge is 2.17. The molecule has 0 fully saturated rings. The second-order valence-corrected chi connectivity index (χ2v) is 5.81. The number of aromatic nitrogens is 1. The number of methoxy groups -OCH3 is 1. The minimum absolute atomic E-state index is 0.108. The summed E-state index contributed by atoms with van der Waals surface area (Å²) in [5.74, 6) is 0.290. The maximum absolute atomic E-state index is 11.8. The van der Waals surface area contributed by atoms with E-state index in [1.165, 1.54) is 23.8 Å². The Labute approximate surface area is 151 Å². The summed E-state index contributed by atoms with van der Waals surface area (Å²) in [6.07, 6.45) is 2.76. The number of carbonyl (C=O) groups is 1. The van der Waals surface area contributed by atoms with Gasteiger partial charge in [-0.15, -0.1) is 0 Å². The van der Waals surface area contributed by atoms with E-state index in [4.69, 9.17) is 4.74 Å². The Morgan fingerprint density at radius 3 is 2.50 bits per heavy atom. The third-order valence-corrected chi connectivity index (χ3v) is 3.94. The van der Waals surface area contributed by atoms with Crippen LogP contribution in [0.4, 0.5) is 5.69 Å². The molecule has 2 aromatic rings. The minimum Gasteiger partial charge on any atom is -0.490 e. The number of rotatable bonds is 5. The van der Waals surface area contributed by atoms with Gasteiger partial charge in [0.1, 0.15) is 0 Å². The maximum atomic E-state index is 11.8. The molecule has 0 aliphatic rings. The molecular weight excluding hydrogens is 338 g/mol. The lowest BCUT2D eigenvalue weighted by Gasteiger charge is -2.08. The molecule has 1 heterocycles. The second kappa shape index (κ2) is 9.55. The number of ether oxygens (including phenoxy) is 1. The molecule has 0 aliphatic heterocycles. The van der Waals surface area contributed by atoms with Crippen molar-refractivity contribution >= 4 is 22.5 Å². The first-order valence-corrected chi connectivity index (χ1v) is 8.30. The maximum Gasteiger partial charge on any atom is 0.311 e. The summed E-state index contributed by atoms with van der Waals surface area (Å²) in [7, 11) is 4.65. The van der Waals surface area contributed by atoms with Crippen LogP contribution in [-0.2, 0) is 11.8 Å². The molecule has 26 heavy (non-hydrogen) atoms. The zero-order valence-electron chi connectivity index (χ0n) is 15.8. The predicted octanol–water partition coefficient (Wildman–Crippen LogP) is 2.69. The Bertz CT molecular complexity index is 858. The van der Waals surface area contributed by atoms with Gasteiger partial charge in [0, 0.05) is 43.6 Å². The summed E-state index contributed by atoms with van der Waals surface area (Å²) in [6.45, 7) is 3.75. The van der Waals surface area contributed by atoms with Gasteiger partial charge in [0.2, 0.25) is 5.91 Å². The molecule has 0 unspecified atom stereocenters. The molecule has 0 radical (unpaired) electrons. The molecule has 0 aliphatic carbocycles. The van der Waals surface area contributed by atoms with Crippen LogP contribution in [-0.4, -0.2) is 29.6 Å². The van der Waals surface area contributed by atoms with Gasteiger partial charge < -0.3 is 14.6 Å². The van der Waals surface area contributed by atoms with E-state index in [0.717, 1.165) is 12.8 Å². The number of nitro groups is 1. The number of unbranched alkanes of at least 4 members (excludes halogenated alkanes) is 1. The fourth-order valence-corrected chi connectivity index (χ4v) is 2.42. The number of hydrogen-bond donors (Lipinski definition) is 1. The van der Waals surface area contributed by atoms with Crippen LogP contribution in [0.15, 0.2) is 23.0 Å². The molecule has 0 saturated heterocycles. The Kier molecular flexibility index (Phi) is 7.77. The van der Waals surface area contributed by atoms with E-state index >= 15 is 0 Å². The molecule has 1 aromatic carbocycles. The molecule has 8 nitrogen and oxygen atoms in total. The number of nitrogens with one attached hydrogen (secondary N) is 1. The summed E-state index contributed by atoms with van der Waals surface area (Å²) in [5.41, 5.74) is 0.916. The smallest absolute Gasteiger partial charge is 0.311 e. The summed E-state index contributed by atoms with van der Waals surface area (Å²) in [5, 5.41) is 14.1. The van der Waals surface area contributed by atoms with Crippen LogP contribution >= 0.6 is 0 Å². The third-order valence-electron chi connectivity index (χ3n) is 3.94. The highest BCUT2D eigenvalue weighted by atomic mass is 16.6. The fourth-order valence-electron chi connectivity index (χ4n) is 2.42. The van der Waals surface area contributed by atoms with Crippen molar-refractivity contribution in [2.24, 2.45) is 7.05 Å². The summed E-state index contributed by atoms with van der Waals surface area (Å²) < 4.78 is 6.44. The molecule has 1 aromatic heterocycles. The monoisotopic (exact) mass is 363 g/mol. The molecule has 1 N–H and O–H groups in total. The molecule has 8 heteroatoms. The Balaban J connectivity index is 0.000000359. The quantitative estimate of drug-likeness (QED) is 0.650. The highest BCUT2D eigenvalue weighted by molar-refractivity contribution is 5.84. The topological polar surface area (TPSA) is 103 Å². The lowest BCUT2D eigenvalue weighted by Crippen LogP contribution is -2.19. The van der Waals surface area contributed by atoms with Crippen LogP contribution in [0.1, 0.15) is 31.7 Å². The van der Waals surface area contributed by atoms with Crippen molar-refractivity contribution in [2.45, 2.75) is 33.1 Å². The van der Waals surface area contributed by atoms with E-state index in [2.05, 4.69) is 12.2 Å². The first kappa shape index (κ1) is 21.1. The molecule has 0 saturated carbocycles. The lowest BCUT2D eigenvalue weighted by molar-refractivity contribution is -0.385. The molecular formula is C18H25N3O5. The predicted molar refractivity (Wildman–Crippen MR) is 101 cm³/mol. The van der Waals surface area contributed by atoms with Crippen LogP contribution in [0.3, 0.4) is 0 Å². The first-order valence-electron chi connectivity index (χ1n) is 8.30. The van der Waals surface area contributed by atoms with E-state index in [0.29, 0.717) is 22.9 Å². The van der Waals surface area contributed by atoms with E-state index in [9.17, 15) is 19.7 Å². The van der Waals surface area contributed by atoms with Gasteiger partial charge in [-0.1, -0.05) is 13.3 Å². The summed E-state index contributed by atoms with van der Waals surface area (Å²) in [4.78, 5) is 32.7. The fraction of sp³-hybridized carbons (Fsp3) is 0.444. The lowest BCUT2D eigenvalue weighted by atomic mass is 10.1. The zero-order valence-corrected chi connectivity index (χ0v) is 15.8. The van der Waals surface area contributed by atoms with Gasteiger partial charge >= 0.3 is 5.69 Å². The van der Waals surface area contributed by atoms with Crippen molar-refractivity contribution in [3.63, 3.8) is 0 Å². The van der Waals surface area contributed by atoms with Gasteiger partial charge in [-0.05, 0) is 19.4 Å². The van der Waals surface area contributed by atoms with Gasteiger partial charge in [0.05, 0.1) is 17.5 Å². The average molecular weight is 363 g/mol. The third kappa shape index (κ3) is 5.05. The number of nitrogens with zero attached hydrogens (tertiary/aromatic N) is 2. The van der Waals surface area contributed by atoms with Crippen LogP contribution in [0.5, 0.6) is 5.75 Å². The van der Waals surface area contributed by atoms with Crippen LogP contribution < -0.4 is 15.6 Å². The Hall–Kier alpha value is -2.90. The normalized spacial score (nSPS) is 10.0. The second-order valence-electron chi connectivity index (χ2n) is 5.81. The Morgan fingerprint density at radius 1 is 1.35 bits per heavy atom. The number of aryl methyl sites for hydroxylation is 2. The average Bonchev–Trinajstić information content (AvgIpc) is 2.63. The number of nitro benzene ring substituents is 1. The summed E-state index contributed by atoms with van der Waals surface area (Å²) in [6, 6.07) is 4.57. The highest BCUT2D eigenvalue weighted by Crippen LogP contribution is 2.31. The largest absolute Gasteiger partial charge is 0.490 e. The molecule has 0 spiro atoms. The molecule has 0 bridgehead atoms. The molecule has 0 atom stereocenters. The van der Waals surface area contributed by atoms with E-state index in [-0.39, 0.29) is 22.9 Å². The van der Waals surface area contributed by atoms with Crippen molar-refractivity contribution in [2.75, 3.05) is 14.2 Å². The van der Waals surface area contributed by atoms with Crippen LogP contribution in [0.2, 0.25) is 0 Å². The van der Waals surface area contributed by atoms with Crippen LogP contribution in [0.25, 0.3) is 10.9 Å². The number of fused-ring (bicyclic) bond motifs is 1. The number of carbonyl (C=O) groups excluding carboxylic acids is 1. The van der Waals surface area contributed by atoms with Gasteiger partial charge in [-0.3, -0.25) is 19.7 Å². The van der Waals surface area contributed by atoms with E-state index in [1.807, 2.05) is 0 Å². The van der Waals surface area contributed by atoms with Gasteiger partial charge in [0.15, 0.2) is 5.75 Å². The number of amides is 1. The molecule has 2 rings (SSSR count). The van der Waals surface area contributed by atoms with Crippen molar-refractivity contribution in [1.29, 1.82) is 0 Å². The van der Waals surface area contributed by atoms with Crippen molar-refractivity contribution in [3.8, 4) is 5.75 Å². The standard InChI is InChI=1S/C12H12N2O4.C6H13NO/c1-7-4-8-5-10(14(16)17)11(18-3)6-9(8)13(2)12(7)15;1-3-4-5-6(8)7-2/h4-6H,1-3H3;3-5H2,1-2H3,(H,7,8).